The maximum atomic E-state index is 13.3. The van der Waals surface area contributed by atoms with E-state index in [1.165, 1.54) is 4.31 Å². The van der Waals surface area contributed by atoms with E-state index in [0.29, 0.717) is 24.6 Å². The molecule has 4 rings (SSSR count). The lowest BCUT2D eigenvalue weighted by molar-refractivity contribution is 0.315. The van der Waals surface area contributed by atoms with Crippen molar-refractivity contribution >= 4 is 21.6 Å². The molecule has 0 saturated heterocycles. The second-order valence-electron chi connectivity index (χ2n) is 5.87. The third kappa shape index (κ3) is 2.16. The second kappa shape index (κ2) is 5.16. The van der Waals surface area contributed by atoms with Gasteiger partial charge < -0.3 is 4.74 Å². The van der Waals surface area contributed by atoms with E-state index in [9.17, 15) is 8.42 Å². The number of fused-ring (bicyclic) bond motifs is 2. The molecule has 0 bridgehead atoms. The van der Waals surface area contributed by atoms with Gasteiger partial charge in [0.25, 0.3) is 0 Å². The lowest BCUT2D eigenvalue weighted by Gasteiger charge is -2.35. The summed E-state index contributed by atoms with van der Waals surface area (Å²) in [6.07, 6.45) is 0.737. The van der Waals surface area contributed by atoms with Crippen molar-refractivity contribution in [3.8, 4) is 5.75 Å². The molecular formula is C17H18N2O3S. The summed E-state index contributed by atoms with van der Waals surface area (Å²) in [6.45, 7) is 2.63. The van der Waals surface area contributed by atoms with Gasteiger partial charge in [0.05, 0.1) is 17.9 Å². The van der Waals surface area contributed by atoms with E-state index in [-0.39, 0.29) is 6.04 Å². The largest absolute Gasteiger partial charge is 0.489 e. The monoisotopic (exact) mass is 330 g/mol. The quantitative estimate of drug-likeness (QED) is 0.850. The third-order valence-electron chi connectivity index (χ3n) is 4.36. The van der Waals surface area contributed by atoms with Crippen LogP contribution >= 0.6 is 0 Å². The molecule has 0 amide bonds. The van der Waals surface area contributed by atoms with Crippen molar-refractivity contribution in [2.45, 2.75) is 19.4 Å². The molecule has 2 aromatic carbocycles. The van der Waals surface area contributed by atoms with Crippen molar-refractivity contribution in [3.05, 3.63) is 54.1 Å². The van der Waals surface area contributed by atoms with E-state index in [4.69, 9.17) is 4.74 Å². The molecule has 1 atom stereocenters. The van der Waals surface area contributed by atoms with Crippen molar-refractivity contribution in [1.82, 2.24) is 0 Å². The zero-order chi connectivity index (χ0) is 16.0. The first-order valence-corrected chi connectivity index (χ1v) is 9.10. The van der Waals surface area contributed by atoms with Crippen LogP contribution in [0.25, 0.3) is 0 Å². The van der Waals surface area contributed by atoms with Gasteiger partial charge in [-0.05, 0) is 37.1 Å². The van der Waals surface area contributed by atoms with Crippen molar-refractivity contribution < 1.29 is 13.2 Å². The Balaban J connectivity index is 1.81. The van der Waals surface area contributed by atoms with Gasteiger partial charge in [-0.2, -0.15) is 8.42 Å². The molecule has 23 heavy (non-hydrogen) atoms. The van der Waals surface area contributed by atoms with Crippen LogP contribution in [-0.2, 0) is 16.6 Å². The number of hydrogen-bond donors (Lipinski definition) is 0. The highest BCUT2D eigenvalue weighted by atomic mass is 32.2. The number of para-hydroxylation sites is 3. The maximum absolute atomic E-state index is 13.3. The summed E-state index contributed by atoms with van der Waals surface area (Å²) >= 11 is 0. The normalized spacial score (nSPS) is 20.0. The first-order valence-electron chi connectivity index (χ1n) is 7.71. The Hall–Kier alpha value is -2.21. The number of rotatable bonds is 2. The molecule has 2 aliphatic heterocycles. The Morgan fingerprint density at radius 3 is 2.57 bits per heavy atom. The average molecular weight is 330 g/mol. The Labute approximate surface area is 136 Å². The summed E-state index contributed by atoms with van der Waals surface area (Å²) < 4.78 is 35.2. The topological polar surface area (TPSA) is 49.9 Å². The van der Waals surface area contributed by atoms with E-state index < -0.39 is 10.2 Å². The zero-order valence-electron chi connectivity index (χ0n) is 12.8. The molecule has 2 heterocycles. The molecule has 6 heteroatoms. The molecule has 1 unspecified atom stereocenters. The number of nitrogens with zero attached hydrogens (tertiary/aromatic N) is 2. The summed E-state index contributed by atoms with van der Waals surface area (Å²) in [5.74, 6) is 0.613. The first-order chi connectivity index (χ1) is 11.1. The molecule has 0 aliphatic carbocycles. The predicted octanol–water partition coefficient (Wildman–Crippen LogP) is 2.58. The number of anilines is 2. The van der Waals surface area contributed by atoms with Crippen LogP contribution in [0.2, 0.25) is 0 Å². The zero-order valence-corrected chi connectivity index (χ0v) is 13.7. The number of ether oxygens (including phenoxy) is 1. The van der Waals surface area contributed by atoms with Gasteiger partial charge in [0.1, 0.15) is 12.4 Å². The van der Waals surface area contributed by atoms with Crippen LogP contribution in [0.1, 0.15) is 12.5 Å². The Kier molecular flexibility index (Phi) is 3.23. The molecule has 0 aromatic heterocycles. The summed E-state index contributed by atoms with van der Waals surface area (Å²) in [5, 5.41) is 0. The minimum atomic E-state index is -3.65. The van der Waals surface area contributed by atoms with E-state index in [0.717, 1.165) is 17.7 Å². The first kappa shape index (κ1) is 14.4. The van der Waals surface area contributed by atoms with Gasteiger partial charge in [0.15, 0.2) is 0 Å². The van der Waals surface area contributed by atoms with Crippen molar-refractivity contribution in [1.29, 1.82) is 0 Å². The molecule has 2 aliphatic rings. The van der Waals surface area contributed by atoms with E-state index in [1.54, 1.807) is 16.4 Å². The summed E-state index contributed by atoms with van der Waals surface area (Å²) in [5.41, 5.74) is 2.46. The lowest BCUT2D eigenvalue weighted by atomic mass is 10.1. The minimum absolute atomic E-state index is 0.0904. The van der Waals surface area contributed by atoms with Crippen LogP contribution in [0.5, 0.6) is 5.75 Å². The van der Waals surface area contributed by atoms with Gasteiger partial charge in [0, 0.05) is 6.04 Å². The van der Waals surface area contributed by atoms with Crippen LogP contribution < -0.4 is 13.3 Å². The van der Waals surface area contributed by atoms with E-state index in [1.807, 2.05) is 43.3 Å². The fourth-order valence-electron chi connectivity index (χ4n) is 3.38. The maximum Gasteiger partial charge on any atom is 0.326 e. The molecule has 0 radical (unpaired) electrons. The van der Waals surface area contributed by atoms with Gasteiger partial charge in [-0.15, -0.1) is 0 Å². The Morgan fingerprint density at radius 1 is 1.04 bits per heavy atom. The smallest absolute Gasteiger partial charge is 0.326 e. The fourth-order valence-corrected chi connectivity index (χ4v) is 5.25. The van der Waals surface area contributed by atoms with Crippen LogP contribution in [0.3, 0.4) is 0 Å². The van der Waals surface area contributed by atoms with Crippen LogP contribution in [-0.4, -0.2) is 27.6 Å². The highest BCUT2D eigenvalue weighted by molar-refractivity contribution is 7.94. The Bertz CT molecular complexity index is 850. The predicted molar refractivity (Wildman–Crippen MR) is 90.3 cm³/mol. The SMILES string of the molecule is CC1Cc2ccccc2N1S(=O)(=O)N1CCOc2ccccc21. The van der Waals surface area contributed by atoms with Crippen LogP contribution in [0.15, 0.2) is 48.5 Å². The van der Waals surface area contributed by atoms with Gasteiger partial charge in [-0.25, -0.2) is 8.61 Å². The third-order valence-corrected chi connectivity index (χ3v) is 6.35. The van der Waals surface area contributed by atoms with Gasteiger partial charge in [-0.1, -0.05) is 30.3 Å². The van der Waals surface area contributed by atoms with Crippen molar-refractivity contribution in [2.24, 2.45) is 0 Å². The van der Waals surface area contributed by atoms with Crippen LogP contribution in [0.4, 0.5) is 11.4 Å². The summed E-state index contributed by atoms with van der Waals surface area (Å²) in [6, 6.07) is 14.9. The average Bonchev–Trinajstić information content (AvgIpc) is 2.90. The van der Waals surface area contributed by atoms with Gasteiger partial charge >= 0.3 is 10.2 Å². The number of benzene rings is 2. The molecule has 0 fully saturated rings. The van der Waals surface area contributed by atoms with E-state index in [2.05, 4.69) is 0 Å². The van der Waals surface area contributed by atoms with Gasteiger partial charge in [-0.3, -0.25) is 0 Å². The summed E-state index contributed by atoms with van der Waals surface area (Å²) in [4.78, 5) is 0. The molecular weight excluding hydrogens is 312 g/mol. The standard InChI is InChI=1S/C17H18N2O3S/c1-13-12-14-6-2-3-7-15(14)19(13)23(20,21)18-10-11-22-17-9-5-4-8-16(17)18/h2-9,13H,10-12H2,1H3. The Morgan fingerprint density at radius 2 is 1.74 bits per heavy atom. The van der Waals surface area contributed by atoms with Crippen molar-refractivity contribution in [2.75, 3.05) is 21.8 Å². The summed E-state index contributed by atoms with van der Waals surface area (Å²) in [7, 11) is -3.65. The highest BCUT2D eigenvalue weighted by Crippen LogP contribution is 2.39. The van der Waals surface area contributed by atoms with Crippen molar-refractivity contribution in [3.63, 3.8) is 0 Å². The molecule has 5 nitrogen and oxygen atoms in total. The second-order valence-corrected chi connectivity index (χ2v) is 7.60. The van der Waals surface area contributed by atoms with Crippen LogP contribution in [0, 0.1) is 0 Å². The van der Waals surface area contributed by atoms with E-state index >= 15 is 0 Å². The molecule has 0 spiro atoms. The molecule has 120 valence electrons. The fraction of sp³-hybridized carbons (Fsp3) is 0.294. The molecule has 2 aromatic rings. The lowest BCUT2D eigenvalue weighted by Crippen LogP contribution is -2.49. The molecule has 0 saturated carbocycles. The molecule has 0 N–H and O–H groups in total. The number of hydrogen-bond acceptors (Lipinski definition) is 3. The minimum Gasteiger partial charge on any atom is -0.489 e. The van der Waals surface area contributed by atoms with Gasteiger partial charge in [0.2, 0.25) is 0 Å². The highest BCUT2D eigenvalue weighted by Gasteiger charge is 2.40.